The molecule has 2 unspecified atom stereocenters. The van der Waals surface area contributed by atoms with E-state index in [0.29, 0.717) is 12.0 Å². The summed E-state index contributed by atoms with van der Waals surface area (Å²) < 4.78 is 74.4. The average Bonchev–Trinajstić information content (AvgIpc) is 3.84. The molecule has 1 N–H and O–H groups in total. The maximum Gasteiger partial charge on any atom is 0.435 e. The summed E-state index contributed by atoms with van der Waals surface area (Å²) in [4.78, 5) is 43.4. The fourth-order valence-electron chi connectivity index (χ4n) is 5.65. The summed E-state index contributed by atoms with van der Waals surface area (Å²) in [6.45, 7) is 3.21. The maximum absolute atomic E-state index is 13.5. The molecule has 0 spiro atoms. The van der Waals surface area contributed by atoms with E-state index < -0.39 is 46.0 Å². The first kappa shape index (κ1) is 35.8. The van der Waals surface area contributed by atoms with E-state index >= 15 is 0 Å². The summed E-state index contributed by atoms with van der Waals surface area (Å²) in [5, 5.41) is 20.9. The highest BCUT2D eigenvalue weighted by molar-refractivity contribution is 7.90. The van der Waals surface area contributed by atoms with Gasteiger partial charge in [0, 0.05) is 11.5 Å². The van der Waals surface area contributed by atoms with Crippen molar-refractivity contribution in [1.29, 1.82) is 0 Å². The van der Waals surface area contributed by atoms with E-state index in [1.54, 1.807) is 41.1 Å². The molecule has 0 bridgehead atoms. The first-order chi connectivity index (χ1) is 24.6. The Hall–Kier alpha value is -5.98. The van der Waals surface area contributed by atoms with Crippen LogP contribution in [0.15, 0.2) is 89.0 Å². The van der Waals surface area contributed by atoms with Crippen LogP contribution in [-0.4, -0.2) is 76.9 Å². The lowest BCUT2D eigenvalue weighted by Crippen LogP contribution is -2.39. The fourth-order valence-corrected chi connectivity index (χ4v) is 6.54. The molecule has 3 aromatic carbocycles. The summed E-state index contributed by atoms with van der Waals surface area (Å²) in [6, 6.07) is 18.6. The number of carbonyl (C=O) groups excluding carboxylic acids is 3. The number of halogens is 3. The Morgan fingerprint density at radius 3 is 2.31 bits per heavy atom. The first-order valence-corrected chi connectivity index (χ1v) is 17.2. The molecule has 2 aliphatic heterocycles. The van der Waals surface area contributed by atoms with Gasteiger partial charge >= 0.3 is 12.3 Å². The normalized spacial score (nSPS) is 16.9. The molecule has 1 fully saturated rings. The number of carbonyl (C=O) groups is 3. The van der Waals surface area contributed by atoms with Gasteiger partial charge in [-0.1, -0.05) is 42.0 Å². The molecule has 2 atom stereocenters. The largest absolute Gasteiger partial charge is 0.569 e. The van der Waals surface area contributed by atoms with E-state index in [0.717, 1.165) is 33.3 Å². The molecule has 1 saturated heterocycles. The van der Waals surface area contributed by atoms with Crippen molar-refractivity contribution in [2.75, 3.05) is 19.7 Å². The average molecular weight is 742 g/mol. The molecule has 3 heterocycles. The molecule has 15 nitrogen and oxygen atoms in total. The molecule has 272 valence electrons. The number of alkyl halides is 3. The molecule has 6 rings (SSSR count). The highest BCUT2D eigenvalue weighted by Crippen LogP contribution is 2.33. The Morgan fingerprint density at radius 2 is 1.69 bits per heavy atom. The van der Waals surface area contributed by atoms with E-state index in [1.807, 2.05) is 6.92 Å². The number of amides is 3. The lowest BCUT2D eigenvalue weighted by molar-refractivity contribution is -0.709. The van der Waals surface area contributed by atoms with Crippen LogP contribution < -0.4 is 4.72 Å². The van der Waals surface area contributed by atoms with Crippen LogP contribution in [0.1, 0.15) is 45.3 Å². The molecule has 0 radical (unpaired) electrons. The maximum atomic E-state index is 13.5. The van der Waals surface area contributed by atoms with E-state index in [9.17, 15) is 41.2 Å². The van der Waals surface area contributed by atoms with Crippen molar-refractivity contribution in [3.8, 4) is 16.9 Å². The third kappa shape index (κ3) is 7.39. The minimum atomic E-state index is -4.72. The van der Waals surface area contributed by atoms with Gasteiger partial charge in [-0.25, -0.2) is 27.5 Å². The van der Waals surface area contributed by atoms with E-state index in [1.165, 1.54) is 36.2 Å². The number of hydrogen-bond acceptors (Lipinski definition) is 10. The minimum absolute atomic E-state index is 0.0628. The predicted octanol–water partition coefficient (Wildman–Crippen LogP) is 5.05. The van der Waals surface area contributed by atoms with Gasteiger partial charge in [-0.15, -0.1) is 5.01 Å². The number of nitrogens with zero attached hydrogens (tertiary/aromatic N) is 6. The smallest absolute Gasteiger partial charge is 0.435 e. The SMILES string of the molecule is Cc1ccc(-c2cc(C(F)(F)F)nn2-c2ccc(S(=O)(=O)NC(=O)OCC3CCN([N+]([O-])=NOC(C)N4C(=O)c5ccccc5C4=O)C3)cc2)cc1. The van der Waals surface area contributed by atoms with Gasteiger partial charge in [-0.2, -0.15) is 18.3 Å². The second kappa shape index (κ2) is 14.0. The Morgan fingerprint density at radius 1 is 1.06 bits per heavy atom. The quantitative estimate of drug-likeness (QED) is 0.100. The zero-order valence-electron chi connectivity index (χ0n) is 27.5. The van der Waals surface area contributed by atoms with Crippen LogP contribution in [0.25, 0.3) is 16.9 Å². The van der Waals surface area contributed by atoms with Crippen LogP contribution in [-0.2, 0) is 25.8 Å². The number of nitrogens with one attached hydrogen (secondary N) is 1. The number of benzene rings is 3. The number of hydrazine groups is 1. The van der Waals surface area contributed by atoms with Crippen LogP contribution >= 0.6 is 0 Å². The Balaban J connectivity index is 1.02. The zero-order chi connectivity index (χ0) is 37.4. The van der Waals surface area contributed by atoms with E-state index in [4.69, 9.17) is 9.57 Å². The van der Waals surface area contributed by atoms with Gasteiger partial charge in [0.15, 0.2) is 5.69 Å². The third-order valence-corrected chi connectivity index (χ3v) is 9.70. The summed E-state index contributed by atoms with van der Waals surface area (Å²) in [7, 11) is -4.45. The van der Waals surface area contributed by atoms with Gasteiger partial charge in [-0.05, 0) is 62.7 Å². The van der Waals surface area contributed by atoms with Crippen molar-refractivity contribution in [2.24, 2.45) is 11.2 Å². The van der Waals surface area contributed by atoms with Crippen molar-refractivity contribution in [2.45, 2.75) is 37.6 Å². The number of aryl methyl sites for hydroxylation is 1. The highest BCUT2D eigenvalue weighted by atomic mass is 32.2. The van der Waals surface area contributed by atoms with Crippen molar-refractivity contribution >= 4 is 27.9 Å². The molecule has 2 aliphatic rings. The van der Waals surface area contributed by atoms with Crippen LogP contribution in [0.4, 0.5) is 18.0 Å². The number of hydrogen-bond donors (Lipinski definition) is 1. The van der Waals surface area contributed by atoms with Crippen molar-refractivity contribution in [1.82, 2.24) is 24.4 Å². The third-order valence-electron chi connectivity index (χ3n) is 8.37. The van der Waals surface area contributed by atoms with Crippen LogP contribution in [0.5, 0.6) is 0 Å². The van der Waals surface area contributed by atoms with Crippen molar-refractivity contribution < 1.29 is 50.5 Å². The monoisotopic (exact) mass is 741 g/mol. The molecule has 0 aliphatic carbocycles. The molecular weight excluding hydrogens is 711 g/mol. The summed E-state index contributed by atoms with van der Waals surface area (Å²) >= 11 is 0. The predicted molar refractivity (Wildman–Crippen MR) is 174 cm³/mol. The number of ether oxygens (including phenoxy) is 1. The van der Waals surface area contributed by atoms with Crippen LogP contribution in [0.2, 0.25) is 0 Å². The van der Waals surface area contributed by atoms with Gasteiger partial charge in [-0.3, -0.25) is 9.59 Å². The lowest BCUT2D eigenvalue weighted by Gasteiger charge is -2.19. The molecule has 3 amide bonds. The number of rotatable bonds is 10. The fraction of sp³-hybridized carbons (Fsp3) is 0.273. The van der Waals surface area contributed by atoms with Gasteiger partial charge in [0.1, 0.15) is 0 Å². The number of fused-ring (bicyclic) bond motifs is 1. The topological polar surface area (TPSA) is 179 Å². The number of aromatic nitrogens is 2. The molecule has 4 aromatic rings. The summed E-state index contributed by atoms with van der Waals surface area (Å²) in [5.41, 5.74) is 0.923. The second-order valence-corrected chi connectivity index (χ2v) is 13.7. The van der Waals surface area contributed by atoms with Gasteiger partial charge in [0.05, 0.1) is 52.1 Å². The van der Waals surface area contributed by atoms with Gasteiger partial charge < -0.3 is 14.8 Å². The standard InChI is InChI=1S/C33H30F3N7O8S/c1-20-7-9-23(10-8-20)28-17-29(33(34,35)36)37-42(28)24-11-13-25(14-12-24)52(48,49)38-32(46)50-19-22-15-16-40(18-22)43(47)39-51-21(2)41-30(44)26-5-3-4-6-27(26)31(41)45/h3-14,17,21-22H,15-16,18-19H2,1-2H3,(H,38,46). The van der Waals surface area contributed by atoms with Gasteiger partial charge in [0.25, 0.3) is 21.8 Å². The van der Waals surface area contributed by atoms with E-state index in [2.05, 4.69) is 10.4 Å². The Bertz CT molecular complexity index is 2120. The van der Waals surface area contributed by atoms with Crippen LogP contribution in [0, 0.1) is 18.0 Å². The van der Waals surface area contributed by atoms with Crippen molar-refractivity contribution in [3.63, 3.8) is 0 Å². The van der Waals surface area contributed by atoms with Crippen LogP contribution in [0.3, 0.4) is 0 Å². The molecule has 52 heavy (non-hydrogen) atoms. The molecule has 19 heteroatoms. The van der Waals surface area contributed by atoms with E-state index in [-0.39, 0.29) is 58.0 Å². The number of imide groups is 1. The molecule has 0 saturated carbocycles. The lowest BCUT2D eigenvalue weighted by atomic mass is 10.1. The molecule has 1 aromatic heterocycles. The Kier molecular flexibility index (Phi) is 9.63. The Labute approximate surface area is 294 Å². The second-order valence-electron chi connectivity index (χ2n) is 12.0. The first-order valence-electron chi connectivity index (χ1n) is 15.7. The number of sulfonamides is 1. The zero-order valence-corrected chi connectivity index (χ0v) is 28.3. The van der Waals surface area contributed by atoms with Crippen molar-refractivity contribution in [3.05, 3.63) is 106 Å². The highest BCUT2D eigenvalue weighted by Gasteiger charge is 2.40. The molecular formula is C33H30F3N7O8S. The van der Waals surface area contributed by atoms with Gasteiger partial charge in [0.2, 0.25) is 11.5 Å². The minimum Gasteiger partial charge on any atom is -0.569 e. The summed E-state index contributed by atoms with van der Waals surface area (Å²) in [5.74, 6) is -1.55. The summed E-state index contributed by atoms with van der Waals surface area (Å²) in [6.07, 6.45) is -6.82.